The lowest BCUT2D eigenvalue weighted by Crippen LogP contribution is -2.41. The number of nitrogens with one attached hydrogen (secondary N) is 2. The van der Waals surface area contributed by atoms with Crippen LogP contribution >= 0.6 is 0 Å². The van der Waals surface area contributed by atoms with Gasteiger partial charge in [0.1, 0.15) is 5.75 Å². The summed E-state index contributed by atoms with van der Waals surface area (Å²) in [6, 6.07) is 7.51. The summed E-state index contributed by atoms with van der Waals surface area (Å²) in [6.07, 6.45) is 0.902. The summed E-state index contributed by atoms with van der Waals surface area (Å²) in [5, 5.41) is 13.7. The van der Waals surface area contributed by atoms with Gasteiger partial charge in [0, 0.05) is 7.05 Å². The minimum Gasteiger partial charge on any atom is -0.477 e. The van der Waals surface area contributed by atoms with Crippen LogP contribution in [0.25, 0.3) is 0 Å². The summed E-state index contributed by atoms with van der Waals surface area (Å²) in [4.78, 5) is 13.4. The fourth-order valence-corrected chi connectivity index (χ4v) is 1.87. The van der Waals surface area contributed by atoms with Crippen molar-refractivity contribution >= 4 is 17.4 Å². The molecule has 1 aromatic heterocycles. The van der Waals surface area contributed by atoms with E-state index in [0.717, 1.165) is 5.69 Å². The van der Waals surface area contributed by atoms with E-state index in [1.165, 1.54) is 11.0 Å². The Kier molecular flexibility index (Phi) is 2.79. The Labute approximate surface area is 109 Å². The molecule has 7 heteroatoms. The summed E-state index contributed by atoms with van der Waals surface area (Å²) < 4.78 is 5.64. The van der Waals surface area contributed by atoms with Crippen LogP contribution in [0.3, 0.4) is 0 Å². The number of aromatic nitrogens is 3. The van der Waals surface area contributed by atoms with E-state index in [2.05, 4.69) is 20.8 Å². The van der Waals surface area contributed by atoms with Gasteiger partial charge in [0.15, 0.2) is 11.9 Å². The highest BCUT2D eigenvalue weighted by molar-refractivity contribution is 5.94. The number of rotatable bonds is 2. The van der Waals surface area contributed by atoms with Crippen molar-refractivity contribution < 1.29 is 9.53 Å². The van der Waals surface area contributed by atoms with E-state index in [1.807, 2.05) is 24.3 Å². The van der Waals surface area contributed by atoms with Crippen molar-refractivity contribution in [3.05, 3.63) is 30.5 Å². The number of carbonyl (C=O) groups is 1. The number of amides is 1. The number of fused-ring (bicyclic) bond motifs is 1. The lowest BCUT2D eigenvalue weighted by Gasteiger charge is -2.26. The van der Waals surface area contributed by atoms with Gasteiger partial charge in [0.25, 0.3) is 5.91 Å². The first kappa shape index (κ1) is 11.5. The van der Waals surface area contributed by atoms with Crippen LogP contribution in [0, 0.1) is 0 Å². The third-order valence-corrected chi connectivity index (χ3v) is 2.78. The Hall–Kier alpha value is -2.57. The van der Waals surface area contributed by atoms with Crippen molar-refractivity contribution in [2.75, 3.05) is 17.2 Å². The largest absolute Gasteiger partial charge is 0.477 e. The molecule has 1 amide bonds. The molecule has 0 radical (unpaired) electrons. The first-order chi connectivity index (χ1) is 9.22. The van der Waals surface area contributed by atoms with Gasteiger partial charge >= 0.3 is 0 Å². The smallest absolute Gasteiger partial charge is 0.268 e. The van der Waals surface area contributed by atoms with Gasteiger partial charge in [-0.1, -0.05) is 12.1 Å². The molecule has 0 bridgehead atoms. The van der Waals surface area contributed by atoms with Crippen LogP contribution in [-0.4, -0.2) is 33.5 Å². The van der Waals surface area contributed by atoms with Crippen molar-refractivity contribution in [3.63, 3.8) is 0 Å². The number of para-hydroxylation sites is 2. The Bertz CT molecular complexity index is 610. The van der Waals surface area contributed by atoms with Crippen LogP contribution < -0.4 is 15.4 Å². The van der Waals surface area contributed by atoms with Crippen LogP contribution in [0.4, 0.5) is 11.5 Å². The molecular weight excluding hydrogens is 246 g/mol. The van der Waals surface area contributed by atoms with E-state index < -0.39 is 6.10 Å². The van der Waals surface area contributed by atoms with Gasteiger partial charge in [-0.2, -0.15) is 9.90 Å². The van der Waals surface area contributed by atoms with E-state index in [9.17, 15) is 4.79 Å². The second-order valence-electron chi connectivity index (χ2n) is 4.19. The number of benzene rings is 1. The Morgan fingerprint density at radius 3 is 3.16 bits per heavy atom. The van der Waals surface area contributed by atoms with Gasteiger partial charge in [-0.15, -0.1) is 5.10 Å². The van der Waals surface area contributed by atoms with Crippen LogP contribution in [0.2, 0.25) is 0 Å². The Morgan fingerprint density at radius 2 is 2.37 bits per heavy atom. The zero-order valence-corrected chi connectivity index (χ0v) is 10.3. The first-order valence-corrected chi connectivity index (χ1v) is 5.89. The number of carbonyl (C=O) groups excluding carboxylic acids is 1. The topological polar surface area (TPSA) is 81.1 Å². The number of nitrogens with zero attached hydrogens (tertiary/aromatic N) is 3. The molecule has 1 aliphatic heterocycles. The zero-order chi connectivity index (χ0) is 13.2. The molecule has 3 rings (SSSR count). The third-order valence-electron chi connectivity index (χ3n) is 2.78. The SMILES string of the molecule is Cn1ncc(NC(=O)C2CNc3ccccc3O2)n1. The molecule has 2 N–H and O–H groups in total. The maximum absolute atomic E-state index is 12.0. The summed E-state index contributed by atoms with van der Waals surface area (Å²) in [7, 11) is 1.69. The minimum absolute atomic E-state index is 0.248. The van der Waals surface area contributed by atoms with Crippen LogP contribution in [-0.2, 0) is 11.8 Å². The molecule has 2 heterocycles. The van der Waals surface area contributed by atoms with Gasteiger partial charge in [0.05, 0.1) is 18.4 Å². The summed E-state index contributed by atoms with van der Waals surface area (Å²) in [5.41, 5.74) is 0.894. The average molecular weight is 259 g/mol. The van der Waals surface area contributed by atoms with Crippen molar-refractivity contribution in [2.24, 2.45) is 7.05 Å². The predicted molar refractivity (Wildman–Crippen MR) is 69.0 cm³/mol. The van der Waals surface area contributed by atoms with Crippen LogP contribution in [0.5, 0.6) is 5.75 Å². The van der Waals surface area contributed by atoms with E-state index in [0.29, 0.717) is 18.1 Å². The fourth-order valence-electron chi connectivity index (χ4n) is 1.87. The molecule has 0 spiro atoms. The van der Waals surface area contributed by atoms with Crippen molar-refractivity contribution in [1.82, 2.24) is 15.0 Å². The predicted octanol–water partition coefficient (Wildman–Crippen LogP) is 0.627. The van der Waals surface area contributed by atoms with E-state index in [4.69, 9.17) is 4.74 Å². The fraction of sp³-hybridized carbons (Fsp3) is 0.250. The molecule has 0 fully saturated rings. The second-order valence-corrected chi connectivity index (χ2v) is 4.19. The van der Waals surface area contributed by atoms with E-state index in [1.54, 1.807) is 7.05 Å². The maximum Gasteiger partial charge on any atom is 0.268 e. The van der Waals surface area contributed by atoms with E-state index >= 15 is 0 Å². The molecule has 0 saturated heterocycles. The van der Waals surface area contributed by atoms with Gasteiger partial charge in [-0.3, -0.25) is 4.79 Å². The highest BCUT2D eigenvalue weighted by Gasteiger charge is 2.26. The standard InChI is InChI=1S/C12H13N5O2/c1-17-14-7-11(16-17)15-12(18)10-6-13-8-4-2-3-5-9(8)19-10/h2-5,7,10,13H,6H2,1H3,(H,15,16,18). The molecule has 1 atom stereocenters. The number of hydrogen-bond acceptors (Lipinski definition) is 5. The first-order valence-electron chi connectivity index (χ1n) is 5.89. The Morgan fingerprint density at radius 1 is 1.53 bits per heavy atom. The van der Waals surface area contributed by atoms with Gasteiger partial charge in [-0.25, -0.2) is 0 Å². The summed E-state index contributed by atoms with van der Waals surface area (Å²) in [5.74, 6) is 0.838. The minimum atomic E-state index is -0.586. The molecule has 19 heavy (non-hydrogen) atoms. The number of aryl methyl sites for hydroxylation is 1. The zero-order valence-electron chi connectivity index (χ0n) is 10.3. The quantitative estimate of drug-likeness (QED) is 0.826. The molecule has 98 valence electrons. The lowest BCUT2D eigenvalue weighted by molar-refractivity contribution is -0.122. The molecule has 0 saturated carbocycles. The van der Waals surface area contributed by atoms with Gasteiger partial charge in [-0.05, 0) is 12.1 Å². The monoisotopic (exact) mass is 259 g/mol. The lowest BCUT2D eigenvalue weighted by atomic mass is 10.2. The van der Waals surface area contributed by atoms with E-state index in [-0.39, 0.29) is 5.91 Å². The normalized spacial score (nSPS) is 17.0. The van der Waals surface area contributed by atoms with Crippen molar-refractivity contribution in [2.45, 2.75) is 6.10 Å². The highest BCUT2D eigenvalue weighted by atomic mass is 16.5. The summed E-state index contributed by atoms with van der Waals surface area (Å²) >= 11 is 0. The average Bonchev–Trinajstić information content (AvgIpc) is 2.83. The molecule has 1 aromatic carbocycles. The number of ether oxygens (including phenoxy) is 1. The molecule has 2 aromatic rings. The highest BCUT2D eigenvalue weighted by Crippen LogP contribution is 2.28. The van der Waals surface area contributed by atoms with Gasteiger partial charge < -0.3 is 15.4 Å². The molecule has 7 nitrogen and oxygen atoms in total. The second kappa shape index (κ2) is 4.60. The molecule has 1 unspecified atom stereocenters. The summed E-state index contributed by atoms with van der Waals surface area (Å²) in [6.45, 7) is 0.420. The number of anilines is 2. The van der Waals surface area contributed by atoms with Crippen molar-refractivity contribution in [1.29, 1.82) is 0 Å². The van der Waals surface area contributed by atoms with Crippen molar-refractivity contribution in [3.8, 4) is 5.75 Å². The van der Waals surface area contributed by atoms with Crippen LogP contribution in [0.15, 0.2) is 30.5 Å². The molecular formula is C12H13N5O2. The maximum atomic E-state index is 12.0. The molecule has 0 aliphatic carbocycles. The van der Waals surface area contributed by atoms with Crippen LogP contribution in [0.1, 0.15) is 0 Å². The number of hydrogen-bond donors (Lipinski definition) is 2. The Balaban J connectivity index is 1.69. The van der Waals surface area contributed by atoms with Gasteiger partial charge in [0.2, 0.25) is 0 Å². The third kappa shape index (κ3) is 2.35. The molecule has 1 aliphatic rings.